The molecule has 0 heterocycles. The molecule has 1 aromatic rings. The van der Waals surface area contributed by atoms with Gasteiger partial charge in [-0.1, -0.05) is 0 Å². The Kier molecular flexibility index (Phi) is 5.15. The predicted octanol–water partition coefficient (Wildman–Crippen LogP) is 0.620. The van der Waals surface area contributed by atoms with Gasteiger partial charge in [-0.15, -0.1) is 0 Å². The number of hydrazone groups is 1. The van der Waals surface area contributed by atoms with E-state index in [2.05, 4.69) is 10.5 Å². The molecule has 0 spiro atoms. The van der Waals surface area contributed by atoms with Crippen molar-refractivity contribution in [1.29, 1.82) is 0 Å². The van der Waals surface area contributed by atoms with Gasteiger partial charge >= 0.3 is 0 Å². The molecule has 0 bridgehead atoms. The van der Waals surface area contributed by atoms with Crippen LogP contribution in [-0.4, -0.2) is 38.7 Å². The number of nitrogens with one attached hydrogen (secondary N) is 1. The lowest BCUT2D eigenvalue weighted by Gasteiger charge is -2.06. The fourth-order valence-corrected chi connectivity index (χ4v) is 1.15. The number of rotatable bonds is 6. The van der Waals surface area contributed by atoms with Crippen LogP contribution in [-0.2, 0) is 0 Å². The lowest BCUT2D eigenvalue weighted by Crippen LogP contribution is -2.11. The summed E-state index contributed by atoms with van der Waals surface area (Å²) in [5.41, 5.74) is 3.54. The van der Waals surface area contributed by atoms with E-state index >= 15 is 0 Å². The Balaban J connectivity index is 2.75. The molecule has 1 aromatic carbocycles. The van der Waals surface area contributed by atoms with E-state index in [0.717, 1.165) is 11.3 Å². The first-order valence-corrected chi connectivity index (χ1v) is 4.90. The second-order valence-electron chi connectivity index (χ2n) is 3.00. The standard InChI is InChI=1S/C11H16N2O3/c1-15-10-4-3-9(11(7-10)16-2)8-13-12-5-6-14/h3-4,7-8,12,14H,5-6H2,1-2H3. The van der Waals surface area contributed by atoms with Gasteiger partial charge in [0.1, 0.15) is 11.5 Å². The topological polar surface area (TPSA) is 63.1 Å². The minimum absolute atomic E-state index is 0.0527. The van der Waals surface area contributed by atoms with Crippen LogP contribution in [0, 0.1) is 0 Å². The molecule has 0 fully saturated rings. The molecule has 0 unspecified atom stereocenters. The number of nitrogens with zero attached hydrogens (tertiary/aromatic N) is 1. The number of hydrogen-bond acceptors (Lipinski definition) is 5. The molecule has 0 saturated heterocycles. The molecule has 0 aromatic heterocycles. The van der Waals surface area contributed by atoms with Crippen LogP contribution < -0.4 is 14.9 Å². The SMILES string of the molecule is COc1ccc(C=NNCCO)c(OC)c1. The minimum atomic E-state index is 0.0527. The Morgan fingerprint density at radius 2 is 2.19 bits per heavy atom. The molecule has 0 aliphatic heterocycles. The summed E-state index contributed by atoms with van der Waals surface area (Å²) in [7, 11) is 3.19. The molecule has 16 heavy (non-hydrogen) atoms. The molecule has 5 nitrogen and oxygen atoms in total. The third kappa shape index (κ3) is 3.43. The zero-order valence-electron chi connectivity index (χ0n) is 9.43. The van der Waals surface area contributed by atoms with Crippen molar-refractivity contribution in [3.63, 3.8) is 0 Å². The highest BCUT2D eigenvalue weighted by molar-refractivity contribution is 5.83. The van der Waals surface area contributed by atoms with Crippen LogP contribution in [0.3, 0.4) is 0 Å². The summed E-state index contributed by atoms with van der Waals surface area (Å²) in [5.74, 6) is 1.42. The fraction of sp³-hybridized carbons (Fsp3) is 0.364. The molecule has 0 atom stereocenters. The first-order chi connectivity index (χ1) is 7.81. The second kappa shape index (κ2) is 6.68. The third-order valence-corrected chi connectivity index (χ3v) is 1.96. The van der Waals surface area contributed by atoms with Crippen LogP contribution >= 0.6 is 0 Å². The van der Waals surface area contributed by atoms with Crippen LogP contribution in [0.2, 0.25) is 0 Å². The predicted molar refractivity (Wildman–Crippen MR) is 62.2 cm³/mol. The summed E-state index contributed by atoms with van der Waals surface area (Å²) in [4.78, 5) is 0. The van der Waals surface area contributed by atoms with E-state index in [9.17, 15) is 0 Å². The molecule has 0 aliphatic carbocycles. The average molecular weight is 224 g/mol. The minimum Gasteiger partial charge on any atom is -0.497 e. The number of hydrogen-bond donors (Lipinski definition) is 2. The largest absolute Gasteiger partial charge is 0.497 e. The van der Waals surface area contributed by atoms with Crippen molar-refractivity contribution < 1.29 is 14.6 Å². The summed E-state index contributed by atoms with van der Waals surface area (Å²) >= 11 is 0. The van der Waals surface area contributed by atoms with Gasteiger partial charge in [-0.3, -0.25) is 0 Å². The Bertz CT molecular complexity index is 353. The van der Waals surface area contributed by atoms with Gasteiger partial charge in [-0.05, 0) is 12.1 Å². The first-order valence-electron chi connectivity index (χ1n) is 4.90. The number of methoxy groups -OCH3 is 2. The zero-order chi connectivity index (χ0) is 11.8. The van der Waals surface area contributed by atoms with Crippen molar-refractivity contribution in [3.05, 3.63) is 23.8 Å². The molecular weight excluding hydrogens is 208 g/mol. The lowest BCUT2D eigenvalue weighted by atomic mass is 10.2. The van der Waals surface area contributed by atoms with Crippen molar-refractivity contribution in [2.75, 3.05) is 27.4 Å². The van der Waals surface area contributed by atoms with Crippen LogP contribution in [0.1, 0.15) is 5.56 Å². The van der Waals surface area contributed by atoms with E-state index in [1.54, 1.807) is 26.5 Å². The van der Waals surface area contributed by atoms with Crippen LogP contribution in [0.4, 0.5) is 0 Å². The molecule has 1 rings (SSSR count). The van der Waals surface area contributed by atoms with Crippen molar-refractivity contribution in [3.8, 4) is 11.5 Å². The maximum atomic E-state index is 8.55. The summed E-state index contributed by atoms with van der Waals surface area (Å²) < 4.78 is 10.3. The smallest absolute Gasteiger partial charge is 0.131 e. The highest BCUT2D eigenvalue weighted by Crippen LogP contribution is 2.22. The third-order valence-electron chi connectivity index (χ3n) is 1.96. The molecule has 88 valence electrons. The molecule has 0 radical (unpaired) electrons. The Hall–Kier alpha value is -1.75. The Morgan fingerprint density at radius 1 is 1.38 bits per heavy atom. The lowest BCUT2D eigenvalue weighted by molar-refractivity contribution is 0.294. The Labute approximate surface area is 94.7 Å². The number of aliphatic hydroxyl groups excluding tert-OH is 1. The first kappa shape index (κ1) is 12.3. The maximum absolute atomic E-state index is 8.55. The molecule has 5 heteroatoms. The molecular formula is C11H16N2O3. The van der Waals surface area contributed by atoms with Gasteiger partial charge in [0.25, 0.3) is 0 Å². The van der Waals surface area contributed by atoms with Gasteiger partial charge in [-0.25, -0.2) is 0 Å². The van der Waals surface area contributed by atoms with E-state index in [0.29, 0.717) is 12.3 Å². The van der Waals surface area contributed by atoms with Crippen molar-refractivity contribution >= 4 is 6.21 Å². The number of ether oxygens (including phenoxy) is 2. The summed E-state index contributed by atoms with van der Waals surface area (Å²) in [5, 5.41) is 12.5. The van der Waals surface area contributed by atoms with E-state index in [1.165, 1.54) is 0 Å². The second-order valence-corrected chi connectivity index (χ2v) is 3.00. The van der Waals surface area contributed by atoms with E-state index in [1.807, 2.05) is 12.1 Å². The van der Waals surface area contributed by atoms with Crippen LogP contribution in [0.25, 0.3) is 0 Å². The van der Waals surface area contributed by atoms with Crippen molar-refractivity contribution in [2.45, 2.75) is 0 Å². The highest BCUT2D eigenvalue weighted by atomic mass is 16.5. The molecule has 0 saturated carbocycles. The van der Waals surface area contributed by atoms with Crippen molar-refractivity contribution in [1.82, 2.24) is 5.43 Å². The zero-order valence-corrected chi connectivity index (χ0v) is 9.43. The summed E-state index contributed by atoms with van der Waals surface area (Å²) in [6, 6.07) is 5.46. The average Bonchev–Trinajstić information content (AvgIpc) is 2.34. The van der Waals surface area contributed by atoms with Crippen molar-refractivity contribution in [2.24, 2.45) is 5.10 Å². The van der Waals surface area contributed by atoms with Crippen LogP contribution in [0.15, 0.2) is 23.3 Å². The number of aliphatic hydroxyl groups is 1. The molecule has 2 N–H and O–H groups in total. The van der Waals surface area contributed by atoms with Crippen LogP contribution in [0.5, 0.6) is 11.5 Å². The molecule has 0 aliphatic rings. The van der Waals surface area contributed by atoms with Gasteiger partial charge in [0.05, 0.1) is 33.6 Å². The number of benzene rings is 1. The summed E-state index contributed by atoms with van der Waals surface area (Å²) in [6.45, 7) is 0.478. The van der Waals surface area contributed by atoms with Gasteiger partial charge in [0.2, 0.25) is 0 Å². The van der Waals surface area contributed by atoms with E-state index in [-0.39, 0.29) is 6.61 Å². The monoisotopic (exact) mass is 224 g/mol. The van der Waals surface area contributed by atoms with Gasteiger partial charge in [-0.2, -0.15) is 5.10 Å². The highest BCUT2D eigenvalue weighted by Gasteiger charge is 2.01. The normalized spacial score (nSPS) is 10.4. The van der Waals surface area contributed by atoms with E-state index in [4.69, 9.17) is 14.6 Å². The molecule has 0 amide bonds. The fourth-order valence-electron chi connectivity index (χ4n) is 1.15. The van der Waals surface area contributed by atoms with Gasteiger partial charge in [0, 0.05) is 11.6 Å². The van der Waals surface area contributed by atoms with E-state index < -0.39 is 0 Å². The summed E-state index contributed by atoms with van der Waals surface area (Å²) in [6.07, 6.45) is 1.63. The van der Waals surface area contributed by atoms with Gasteiger partial charge in [0.15, 0.2) is 0 Å². The maximum Gasteiger partial charge on any atom is 0.131 e. The quantitative estimate of drug-likeness (QED) is 0.422. The van der Waals surface area contributed by atoms with Gasteiger partial charge < -0.3 is 20.0 Å². The Morgan fingerprint density at radius 3 is 2.81 bits per heavy atom.